The molecule has 6 heteroatoms. The first kappa shape index (κ1) is 14.2. The van der Waals surface area contributed by atoms with Gasteiger partial charge in [-0.15, -0.1) is 0 Å². The third-order valence-corrected chi connectivity index (χ3v) is 4.79. The van der Waals surface area contributed by atoms with Gasteiger partial charge in [0, 0.05) is 6.26 Å². The van der Waals surface area contributed by atoms with Crippen molar-refractivity contribution < 1.29 is 8.42 Å². The van der Waals surface area contributed by atoms with Crippen LogP contribution in [0.4, 0.5) is 0 Å². The number of hydrogen-bond acceptors (Lipinski definition) is 5. The highest BCUT2D eigenvalue weighted by Crippen LogP contribution is 2.21. The summed E-state index contributed by atoms with van der Waals surface area (Å²) < 4.78 is 22.8. The fraction of sp³-hybridized carbons (Fsp3) is 0.231. The Morgan fingerprint density at radius 3 is 2.42 bits per heavy atom. The Bertz CT molecular complexity index is 619. The van der Waals surface area contributed by atoms with Crippen molar-refractivity contribution in [2.75, 3.05) is 6.26 Å². The summed E-state index contributed by atoms with van der Waals surface area (Å²) in [6.07, 6.45) is 1.98. The molecule has 0 aliphatic carbocycles. The first-order chi connectivity index (χ1) is 9.00. The maximum Gasteiger partial charge on any atom is 0.175 e. The molecule has 2 rings (SSSR count). The van der Waals surface area contributed by atoms with Gasteiger partial charge in [0.05, 0.1) is 10.9 Å². The molecule has 1 aromatic carbocycles. The van der Waals surface area contributed by atoms with Gasteiger partial charge >= 0.3 is 0 Å². The third kappa shape index (κ3) is 3.63. The van der Waals surface area contributed by atoms with Gasteiger partial charge in [0.15, 0.2) is 9.84 Å². The summed E-state index contributed by atoms with van der Waals surface area (Å²) in [5, 5.41) is 4.10. The number of hydrogen-bond donors (Lipinski definition) is 2. The van der Waals surface area contributed by atoms with Crippen LogP contribution in [0.25, 0.3) is 0 Å². The second-order valence-corrected chi connectivity index (χ2v) is 7.19. The van der Waals surface area contributed by atoms with Crippen molar-refractivity contribution in [2.45, 2.75) is 17.4 Å². The summed E-state index contributed by atoms with van der Waals surface area (Å²) in [7, 11) is -3.15. The maximum atomic E-state index is 11.4. The number of hydrazine groups is 1. The lowest BCUT2D eigenvalue weighted by Gasteiger charge is -2.16. The highest BCUT2D eigenvalue weighted by molar-refractivity contribution is 7.90. The predicted molar refractivity (Wildman–Crippen MR) is 77.6 cm³/mol. The Kier molecular flexibility index (Phi) is 4.36. The van der Waals surface area contributed by atoms with E-state index < -0.39 is 9.84 Å². The molecule has 0 saturated heterocycles. The fourth-order valence-electron chi connectivity index (χ4n) is 1.86. The predicted octanol–water partition coefficient (Wildman–Crippen LogP) is 1.90. The molecule has 1 aromatic heterocycles. The molecule has 1 unspecified atom stereocenters. The molecule has 0 fully saturated rings. The van der Waals surface area contributed by atoms with Crippen LogP contribution in [-0.4, -0.2) is 14.7 Å². The normalized spacial score (nSPS) is 13.4. The van der Waals surface area contributed by atoms with Gasteiger partial charge in [-0.1, -0.05) is 12.1 Å². The molecule has 0 aliphatic heterocycles. The molecule has 0 amide bonds. The van der Waals surface area contributed by atoms with Crippen molar-refractivity contribution in [3.63, 3.8) is 0 Å². The fourth-order valence-corrected chi connectivity index (χ4v) is 3.18. The number of rotatable bonds is 5. The Balaban J connectivity index is 2.20. The zero-order valence-electron chi connectivity index (χ0n) is 10.5. The van der Waals surface area contributed by atoms with Crippen LogP contribution in [0.1, 0.15) is 17.2 Å². The van der Waals surface area contributed by atoms with E-state index in [4.69, 9.17) is 5.84 Å². The van der Waals surface area contributed by atoms with Crippen LogP contribution in [0, 0.1) is 0 Å². The molecule has 0 spiro atoms. The van der Waals surface area contributed by atoms with Gasteiger partial charge < -0.3 is 0 Å². The Morgan fingerprint density at radius 1 is 1.26 bits per heavy atom. The van der Waals surface area contributed by atoms with Crippen molar-refractivity contribution >= 4 is 21.2 Å². The highest BCUT2D eigenvalue weighted by Gasteiger charge is 2.12. The number of benzene rings is 1. The number of sulfone groups is 1. The van der Waals surface area contributed by atoms with Crippen LogP contribution in [0.2, 0.25) is 0 Å². The van der Waals surface area contributed by atoms with Gasteiger partial charge in [0.2, 0.25) is 0 Å². The van der Waals surface area contributed by atoms with Gasteiger partial charge in [-0.3, -0.25) is 11.3 Å². The van der Waals surface area contributed by atoms with E-state index in [1.165, 1.54) is 11.8 Å². The highest BCUT2D eigenvalue weighted by atomic mass is 32.2. The topological polar surface area (TPSA) is 72.2 Å². The molecule has 0 aliphatic rings. The van der Waals surface area contributed by atoms with Crippen LogP contribution in [0.5, 0.6) is 0 Å². The lowest BCUT2D eigenvalue weighted by molar-refractivity contribution is 0.552. The van der Waals surface area contributed by atoms with Gasteiger partial charge in [-0.05, 0) is 46.5 Å². The molecule has 4 nitrogen and oxygen atoms in total. The molecule has 19 heavy (non-hydrogen) atoms. The summed E-state index contributed by atoms with van der Waals surface area (Å²) in [6, 6.07) is 8.86. The minimum atomic E-state index is -3.15. The molecule has 0 saturated carbocycles. The maximum absolute atomic E-state index is 11.4. The van der Waals surface area contributed by atoms with E-state index in [1.54, 1.807) is 35.6 Å². The van der Waals surface area contributed by atoms with Crippen molar-refractivity contribution in [2.24, 2.45) is 5.84 Å². The van der Waals surface area contributed by atoms with E-state index in [0.717, 1.165) is 12.0 Å². The average molecular weight is 296 g/mol. The zero-order chi connectivity index (χ0) is 13.9. The molecule has 0 radical (unpaired) electrons. The second kappa shape index (κ2) is 5.83. The molecule has 1 heterocycles. The van der Waals surface area contributed by atoms with Crippen LogP contribution in [0.3, 0.4) is 0 Å². The standard InChI is InChI=1S/C13H16N2O2S2/c1-19(16,17)12-4-2-11(3-5-12)13(15-14)8-10-6-7-18-9-10/h2-7,9,13,15H,8,14H2,1H3. The molecular formula is C13H16N2O2S2. The largest absolute Gasteiger partial charge is 0.271 e. The summed E-state index contributed by atoms with van der Waals surface area (Å²) in [5.74, 6) is 5.58. The Hall–Kier alpha value is -1.21. The summed E-state index contributed by atoms with van der Waals surface area (Å²) >= 11 is 1.65. The van der Waals surface area contributed by atoms with E-state index in [2.05, 4.69) is 16.9 Å². The third-order valence-electron chi connectivity index (χ3n) is 2.93. The van der Waals surface area contributed by atoms with Crippen molar-refractivity contribution in [1.29, 1.82) is 0 Å². The van der Waals surface area contributed by atoms with Crippen molar-refractivity contribution in [3.8, 4) is 0 Å². The number of nitrogens with two attached hydrogens (primary N) is 1. The first-order valence-electron chi connectivity index (χ1n) is 5.78. The van der Waals surface area contributed by atoms with Crippen LogP contribution in [0.15, 0.2) is 46.0 Å². The van der Waals surface area contributed by atoms with E-state index >= 15 is 0 Å². The SMILES string of the molecule is CS(=O)(=O)c1ccc(C(Cc2ccsc2)NN)cc1. The molecule has 102 valence electrons. The molecule has 3 N–H and O–H groups in total. The van der Waals surface area contributed by atoms with Gasteiger partial charge in [0.25, 0.3) is 0 Å². The van der Waals surface area contributed by atoms with E-state index in [-0.39, 0.29) is 6.04 Å². The van der Waals surface area contributed by atoms with E-state index in [0.29, 0.717) is 4.90 Å². The van der Waals surface area contributed by atoms with Crippen LogP contribution in [-0.2, 0) is 16.3 Å². The summed E-state index contributed by atoms with van der Waals surface area (Å²) in [6.45, 7) is 0. The lowest BCUT2D eigenvalue weighted by Crippen LogP contribution is -2.29. The van der Waals surface area contributed by atoms with Gasteiger partial charge in [-0.25, -0.2) is 8.42 Å². The number of nitrogens with one attached hydrogen (secondary N) is 1. The second-order valence-electron chi connectivity index (χ2n) is 4.40. The Morgan fingerprint density at radius 2 is 1.95 bits per heavy atom. The molecule has 2 aromatic rings. The summed E-state index contributed by atoms with van der Waals surface area (Å²) in [4.78, 5) is 0.322. The van der Waals surface area contributed by atoms with Crippen molar-refractivity contribution in [3.05, 3.63) is 52.2 Å². The minimum absolute atomic E-state index is 0.0248. The monoisotopic (exact) mass is 296 g/mol. The molecular weight excluding hydrogens is 280 g/mol. The lowest BCUT2D eigenvalue weighted by atomic mass is 10.0. The van der Waals surface area contributed by atoms with Crippen molar-refractivity contribution in [1.82, 2.24) is 5.43 Å². The minimum Gasteiger partial charge on any atom is -0.271 e. The quantitative estimate of drug-likeness (QED) is 0.653. The summed E-state index contributed by atoms with van der Waals surface area (Å²) in [5.41, 5.74) is 4.95. The Labute approximate surface area is 117 Å². The van der Waals surface area contributed by atoms with Crippen LogP contribution >= 0.6 is 11.3 Å². The molecule has 1 atom stereocenters. The zero-order valence-corrected chi connectivity index (χ0v) is 12.2. The number of thiophene rings is 1. The van der Waals surface area contributed by atoms with E-state index in [1.807, 2.05) is 5.38 Å². The first-order valence-corrected chi connectivity index (χ1v) is 8.61. The average Bonchev–Trinajstić information content (AvgIpc) is 2.88. The van der Waals surface area contributed by atoms with Gasteiger partial charge in [-0.2, -0.15) is 11.3 Å². The molecule has 0 bridgehead atoms. The van der Waals surface area contributed by atoms with E-state index in [9.17, 15) is 8.42 Å². The van der Waals surface area contributed by atoms with Crippen LogP contribution < -0.4 is 11.3 Å². The van der Waals surface area contributed by atoms with Gasteiger partial charge in [0.1, 0.15) is 0 Å². The smallest absolute Gasteiger partial charge is 0.175 e.